The summed E-state index contributed by atoms with van der Waals surface area (Å²) < 4.78 is 18.6. The predicted octanol–water partition coefficient (Wildman–Crippen LogP) is 2.81. The van der Waals surface area contributed by atoms with Crippen molar-refractivity contribution in [1.29, 1.82) is 0 Å². The standard InChI is InChI=1S/C13H16ClFO2/c14-11-4-3-9(6-12(11)15)7-13(16)10-2-1-5-17-8-10/h3-4,6,10,13,16H,1-2,5,7-8H2. The van der Waals surface area contributed by atoms with Gasteiger partial charge in [-0.15, -0.1) is 0 Å². The summed E-state index contributed by atoms with van der Waals surface area (Å²) in [4.78, 5) is 0. The Hall–Kier alpha value is -0.640. The second-order valence-electron chi connectivity index (χ2n) is 4.50. The van der Waals surface area contributed by atoms with Gasteiger partial charge in [0.25, 0.3) is 0 Å². The van der Waals surface area contributed by atoms with Gasteiger partial charge < -0.3 is 9.84 Å². The molecule has 1 aromatic rings. The van der Waals surface area contributed by atoms with E-state index in [-0.39, 0.29) is 10.9 Å². The van der Waals surface area contributed by atoms with E-state index >= 15 is 0 Å². The molecule has 2 atom stereocenters. The molecule has 17 heavy (non-hydrogen) atoms. The van der Waals surface area contributed by atoms with E-state index in [2.05, 4.69) is 0 Å². The van der Waals surface area contributed by atoms with Crippen LogP contribution in [-0.2, 0) is 11.2 Å². The molecule has 2 unspecified atom stereocenters. The van der Waals surface area contributed by atoms with E-state index in [0.29, 0.717) is 13.0 Å². The SMILES string of the molecule is OC(Cc1ccc(Cl)c(F)c1)C1CCCOC1. The smallest absolute Gasteiger partial charge is 0.142 e. The fourth-order valence-corrected chi connectivity index (χ4v) is 2.26. The third-order valence-electron chi connectivity index (χ3n) is 3.17. The average Bonchev–Trinajstić information content (AvgIpc) is 2.35. The lowest BCUT2D eigenvalue weighted by Crippen LogP contribution is -2.30. The average molecular weight is 259 g/mol. The van der Waals surface area contributed by atoms with Gasteiger partial charge in [-0.05, 0) is 37.0 Å². The lowest BCUT2D eigenvalue weighted by atomic mass is 9.91. The van der Waals surface area contributed by atoms with Crippen molar-refractivity contribution in [1.82, 2.24) is 0 Å². The van der Waals surface area contributed by atoms with Crippen LogP contribution in [0.2, 0.25) is 5.02 Å². The molecule has 1 heterocycles. The van der Waals surface area contributed by atoms with Gasteiger partial charge in [-0.1, -0.05) is 17.7 Å². The number of ether oxygens (including phenoxy) is 1. The highest BCUT2D eigenvalue weighted by Crippen LogP contribution is 2.22. The number of rotatable bonds is 3. The second kappa shape index (κ2) is 5.80. The minimum atomic E-state index is -0.476. The monoisotopic (exact) mass is 258 g/mol. The van der Waals surface area contributed by atoms with Crippen LogP contribution >= 0.6 is 11.6 Å². The molecule has 4 heteroatoms. The summed E-state index contributed by atoms with van der Waals surface area (Å²) in [5.74, 6) is -0.279. The Labute approximate surface area is 105 Å². The van der Waals surface area contributed by atoms with Crippen LogP contribution in [0.4, 0.5) is 4.39 Å². The number of halogens is 2. The van der Waals surface area contributed by atoms with Crippen LogP contribution in [0.15, 0.2) is 18.2 Å². The zero-order chi connectivity index (χ0) is 12.3. The van der Waals surface area contributed by atoms with Gasteiger partial charge in [-0.2, -0.15) is 0 Å². The van der Waals surface area contributed by atoms with Crippen molar-refractivity contribution in [2.45, 2.75) is 25.4 Å². The third-order valence-corrected chi connectivity index (χ3v) is 3.48. The number of benzene rings is 1. The fourth-order valence-electron chi connectivity index (χ4n) is 2.14. The van der Waals surface area contributed by atoms with Crippen LogP contribution < -0.4 is 0 Å². The number of hydrogen-bond donors (Lipinski definition) is 1. The molecule has 0 bridgehead atoms. The van der Waals surface area contributed by atoms with Gasteiger partial charge in [-0.25, -0.2) is 4.39 Å². The molecule has 0 saturated carbocycles. The molecule has 0 radical (unpaired) electrons. The third kappa shape index (κ3) is 3.41. The van der Waals surface area contributed by atoms with E-state index in [1.807, 2.05) is 0 Å². The van der Waals surface area contributed by atoms with Gasteiger partial charge in [0.05, 0.1) is 17.7 Å². The molecule has 0 spiro atoms. The van der Waals surface area contributed by atoms with Crippen molar-refractivity contribution in [3.05, 3.63) is 34.6 Å². The Bertz CT molecular complexity index is 378. The van der Waals surface area contributed by atoms with Crippen molar-refractivity contribution < 1.29 is 14.2 Å². The van der Waals surface area contributed by atoms with E-state index in [4.69, 9.17) is 16.3 Å². The first-order valence-corrected chi connectivity index (χ1v) is 6.24. The molecule has 1 aliphatic rings. The largest absolute Gasteiger partial charge is 0.392 e. The molecule has 1 saturated heterocycles. The Morgan fingerprint density at radius 1 is 1.53 bits per heavy atom. The molecular formula is C13H16ClFO2. The van der Waals surface area contributed by atoms with Gasteiger partial charge >= 0.3 is 0 Å². The van der Waals surface area contributed by atoms with Crippen molar-refractivity contribution >= 4 is 11.6 Å². The minimum Gasteiger partial charge on any atom is -0.392 e. The van der Waals surface area contributed by atoms with Gasteiger partial charge in [0, 0.05) is 12.5 Å². The van der Waals surface area contributed by atoms with Crippen molar-refractivity contribution in [3.8, 4) is 0 Å². The number of hydrogen-bond acceptors (Lipinski definition) is 2. The van der Waals surface area contributed by atoms with Gasteiger partial charge in [-0.3, -0.25) is 0 Å². The van der Waals surface area contributed by atoms with Crippen LogP contribution in [0.1, 0.15) is 18.4 Å². The molecule has 0 amide bonds. The zero-order valence-corrected chi connectivity index (χ0v) is 10.3. The maximum absolute atomic E-state index is 13.2. The molecule has 1 fully saturated rings. The topological polar surface area (TPSA) is 29.5 Å². The van der Waals surface area contributed by atoms with E-state index in [1.165, 1.54) is 12.1 Å². The molecule has 2 nitrogen and oxygen atoms in total. The quantitative estimate of drug-likeness (QED) is 0.903. The predicted molar refractivity (Wildman–Crippen MR) is 64.7 cm³/mol. The first kappa shape index (κ1) is 12.8. The first-order valence-electron chi connectivity index (χ1n) is 5.86. The molecule has 1 aromatic carbocycles. The van der Waals surface area contributed by atoms with Crippen LogP contribution in [0.5, 0.6) is 0 Å². The van der Waals surface area contributed by atoms with Crippen molar-refractivity contribution in [2.24, 2.45) is 5.92 Å². The Morgan fingerprint density at radius 3 is 3.00 bits per heavy atom. The van der Waals surface area contributed by atoms with E-state index in [9.17, 15) is 9.50 Å². The summed E-state index contributed by atoms with van der Waals surface area (Å²) >= 11 is 5.61. The van der Waals surface area contributed by atoms with Crippen LogP contribution in [0.25, 0.3) is 0 Å². The molecule has 94 valence electrons. The van der Waals surface area contributed by atoms with Crippen LogP contribution in [0.3, 0.4) is 0 Å². The first-order chi connectivity index (χ1) is 8.16. The minimum absolute atomic E-state index is 0.115. The maximum Gasteiger partial charge on any atom is 0.142 e. The van der Waals surface area contributed by atoms with E-state index < -0.39 is 11.9 Å². The van der Waals surface area contributed by atoms with E-state index in [0.717, 1.165) is 25.0 Å². The van der Waals surface area contributed by atoms with Gasteiger partial charge in [0.2, 0.25) is 0 Å². The summed E-state index contributed by atoms with van der Waals surface area (Å²) in [6, 6.07) is 4.66. The summed E-state index contributed by atoms with van der Waals surface area (Å²) in [5, 5.41) is 10.2. The van der Waals surface area contributed by atoms with Crippen molar-refractivity contribution in [2.75, 3.05) is 13.2 Å². The molecule has 1 aliphatic heterocycles. The number of aliphatic hydroxyl groups excluding tert-OH is 1. The summed E-state index contributed by atoms with van der Waals surface area (Å²) in [7, 11) is 0. The van der Waals surface area contributed by atoms with Crippen LogP contribution in [-0.4, -0.2) is 24.4 Å². The van der Waals surface area contributed by atoms with E-state index in [1.54, 1.807) is 6.07 Å². The molecule has 2 rings (SSSR count). The summed E-state index contributed by atoms with van der Waals surface area (Å²) in [6.45, 7) is 1.37. The summed E-state index contributed by atoms with van der Waals surface area (Å²) in [6.07, 6.45) is 1.92. The van der Waals surface area contributed by atoms with Gasteiger partial charge in [0.1, 0.15) is 5.82 Å². The second-order valence-corrected chi connectivity index (χ2v) is 4.90. The molecular weight excluding hydrogens is 243 g/mol. The molecule has 0 aromatic heterocycles. The van der Waals surface area contributed by atoms with Gasteiger partial charge in [0.15, 0.2) is 0 Å². The Kier molecular flexibility index (Phi) is 4.37. The highest BCUT2D eigenvalue weighted by atomic mass is 35.5. The number of aliphatic hydroxyl groups is 1. The summed E-state index contributed by atoms with van der Waals surface area (Å²) in [5.41, 5.74) is 0.768. The zero-order valence-electron chi connectivity index (χ0n) is 9.53. The Balaban J connectivity index is 1.96. The highest BCUT2D eigenvalue weighted by Gasteiger charge is 2.22. The maximum atomic E-state index is 13.2. The lowest BCUT2D eigenvalue weighted by Gasteiger charge is -2.26. The molecule has 0 aliphatic carbocycles. The normalized spacial score (nSPS) is 22.4. The Morgan fingerprint density at radius 2 is 2.35 bits per heavy atom. The van der Waals surface area contributed by atoms with Crippen LogP contribution in [0, 0.1) is 11.7 Å². The van der Waals surface area contributed by atoms with Crippen molar-refractivity contribution in [3.63, 3.8) is 0 Å². The highest BCUT2D eigenvalue weighted by molar-refractivity contribution is 6.30. The lowest BCUT2D eigenvalue weighted by molar-refractivity contribution is -0.00848. The fraction of sp³-hybridized carbons (Fsp3) is 0.538. The molecule has 1 N–H and O–H groups in total.